The first kappa shape index (κ1) is 24.1. The lowest BCUT2D eigenvalue weighted by Gasteiger charge is -2.11. The number of halogens is 2. The lowest BCUT2D eigenvalue weighted by atomic mass is 10.1. The monoisotopic (exact) mass is 477 g/mol. The van der Waals surface area contributed by atoms with E-state index < -0.39 is 34.8 Å². The zero-order valence-electron chi connectivity index (χ0n) is 18.0. The van der Waals surface area contributed by atoms with Crippen LogP contribution in [-0.2, 0) is 14.6 Å². The number of benzene rings is 2. The largest absolute Gasteiger partial charge is 0.454 e. The molecule has 0 spiro atoms. The van der Waals surface area contributed by atoms with Crippen molar-refractivity contribution >= 4 is 21.6 Å². The van der Waals surface area contributed by atoms with Gasteiger partial charge < -0.3 is 14.0 Å². The minimum absolute atomic E-state index is 0.0176. The van der Waals surface area contributed by atoms with E-state index in [4.69, 9.17) is 4.74 Å². The number of alkyl halides is 2. The van der Waals surface area contributed by atoms with Crippen LogP contribution in [0.3, 0.4) is 0 Å². The first-order valence-corrected chi connectivity index (χ1v) is 11.6. The van der Waals surface area contributed by atoms with E-state index in [2.05, 4.69) is 4.74 Å². The summed E-state index contributed by atoms with van der Waals surface area (Å²) in [7, 11) is -3.39. The first-order chi connectivity index (χ1) is 15.5. The standard InChI is InChI=1S/C23H21F2NO6S/c1-14-12-20(15(2)26(14)17-6-8-18(9-7-17)32-23(24)25)21(27)13-31-22(28)16-4-10-19(11-5-16)33(3,29)30/h4-12,23H,13H2,1-3H3. The number of ether oxygens (including phenoxy) is 2. The lowest BCUT2D eigenvalue weighted by molar-refractivity contribution is -0.0498. The van der Waals surface area contributed by atoms with Gasteiger partial charge in [-0.3, -0.25) is 4.79 Å². The molecule has 0 fully saturated rings. The van der Waals surface area contributed by atoms with Gasteiger partial charge in [-0.15, -0.1) is 0 Å². The number of hydrogen-bond acceptors (Lipinski definition) is 6. The Hall–Kier alpha value is -3.53. The van der Waals surface area contributed by atoms with Gasteiger partial charge in [0.2, 0.25) is 5.78 Å². The number of nitrogens with zero attached hydrogens (tertiary/aromatic N) is 1. The van der Waals surface area contributed by atoms with Crippen molar-refractivity contribution < 1.29 is 36.3 Å². The van der Waals surface area contributed by atoms with E-state index in [1.165, 1.54) is 36.4 Å². The number of esters is 1. The third-order valence-corrected chi connectivity index (χ3v) is 6.03. The normalized spacial score (nSPS) is 11.5. The van der Waals surface area contributed by atoms with E-state index in [9.17, 15) is 26.8 Å². The van der Waals surface area contributed by atoms with Gasteiger partial charge >= 0.3 is 12.6 Å². The molecule has 0 atom stereocenters. The summed E-state index contributed by atoms with van der Waals surface area (Å²) in [5.74, 6) is -1.16. The maximum atomic E-state index is 12.7. The van der Waals surface area contributed by atoms with Gasteiger partial charge in [-0.25, -0.2) is 13.2 Å². The summed E-state index contributed by atoms with van der Waals surface area (Å²) in [6.07, 6.45) is 1.06. The van der Waals surface area contributed by atoms with Crippen LogP contribution in [0.5, 0.6) is 5.75 Å². The summed E-state index contributed by atoms with van der Waals surface area (Å²) >= 11 is 0. The Morgan fingerprint density at radius 1 is 1.00 bits per heavy atom. The minimum Gasteiger partial charge on any atom is -0.454 e. The number of aromatic nitrogens is 1. The molecule has 7 nitrogen and oxygen atoms in total. The number of sulfone groups is 1. The highest BCUT2D eigenvalue weighted by Gasteiger charge is 2.19. The number of carbonyl (C=O) groups is 2. The van der Waals surface area contributed by atoms with Crippen LogP contribution in [0.2, 0.25) is 0 Å². The molecule has 10 heteroatoms. The van der Waals surface area contributed by atoms with Gasteiger partial charge in [0.25, 0.3) is 0 Å². The zero-order chi connectivity index (χ0) is 24.3. The van der Waals surface area contributed by atoms with E-state index >= 15 is 0 Å². The third kappa shape index (κ3) is 5.64. The second-order valence-corrected chi connectivity index (χ2v) is 9.30. The van der Waals surface area contributed by atoms with Crippen LogP contribution >= 0.6 is 0 Å². The summed E-state index contributed by atoms with van der Waals surface area (Å²) in [5.41, 5.74) is 2.43. The Bertz CT molecular complexity index is 1280. The molecule has 3 aromatic rings. The predicted octanol–water partition coefficient (Wildman–Crippen LogP) is 4.14. The highest BCUT2D eigenvalue weighted by Crippen LogP contribution is 2.24. The Morgan fingerprint density at radius 3 is 2.15 bits per heavy atom. The van der Waals surface area contributed by atoms with Crippen molar-refractivity contribution in [3.8, 4) is 11.4 Å². The number of hydrogen-bond donors (Lipinski definition) is 0. The molecular weight excluding hydrogens is 456 g/mol. The molecule has 33 heavy (non-hydrogen) atoms. The minimum atomic E-state index is -3.39. The molecule has 0 bridgehead atoms. The fourth-order valence-electron chi connectivity index (χ4n) is 3.35. The topological polar surface area (TPSA) is 91.7 Å². The van der Waals surface area contributed by atoms with Crippen molar-refractivity contribution in [2.24, 2.45) is 0 Å². The summed E-state index contributed by atoms with van der Waals surface area (Å²) in [4.78, 5) is 25.0. The summed E-state index contributed by atoms with van der Waals surface area (Å²) in [5, 5.41) is 0. The Morgan fingerprint density at radius 2 is 1.61 bits per heavy atom. The van der Waals surface area contributed by atoms with Crippen LogP contribution in [0.25, 0.3) is 5.69 Å². The Balaban J connectivity index is 1.71. The Kier molecular flexibility index (Phi) is 6.97. The van der Waals surface area contributed by atoms with Gasteiger partial charge in [-0.1, -0.05) is 0 Å². The molecule has 0 amide bonds. The molecule has 0 radical (unpaired) electrons. The van der Waals surface area contributed by atoms with Crippen LogP contribution in [-0.4, -0.2) is 44.2 Å². The molecule has 0 aliphatic heterocycles. The molecule has 2 aromatic carbocycles. The van der Waals surface area contributed by atoms with Gasteiger partial charge in [0.1, 0.15) is 5.75 Å². The molecule has 1 heterocycles. The number of ketones is 1. The van der Waals surface area contributed by atoms with Crippen molar-refractivity contribution in [1.82, 2.24) is 4.57 Å². The molecule has 0 unspecified atom stereocenters. The maximum Gasteiger partial charge on any atom is 0.387 e. The second kappa shape index (κ2) is 9.53. The fourth-order valence-corrected chi connectivity index (χ4v) is 3.98. The molecule has 1 aromatic heterocycles. The van der Waals surface area contributed by atoms with E-state index in [0.717, 1.165) is 11.9 Å². The number of carbonyl (C=O) groups excluding carboxylic acids is 2. The molecule has 3 rings (SSSR count). The van der Waals surface area contributed by atoms with Crippen molar-refractivity contribution in [3.05, 3.63) is 77.1 Å². The molecule has 174 valence electrons. The SMILES string of the molecule is Cc1cc(C(=O)COC(=O)c2ccc(S(C)(=O)=O)cc2)c(C)n1-c1ccc(OC(F)F)cc1. The van der Waals surface area contributed by atoms with Gasteiger partial charge in [-0.05, 0) is 68.4 Å². The summed E-state index contributed by atoms with van der Waals surface area (Å²) in [6.45, 7) is 0.0755. The highest BCUT2D eigenvalue weighted by atomic mass is 32.2. The number of rotatable bonds is 8. The van der Waals surface area contributed by atoms with Crippen molar-refractivity contribution in [1.29, 1.82) is 0 Å². The number of Topliss-reactive ketones (excluding diaryl/α,β-unsaturated/α-hetero) is 1. The smallest absolute Gasteiger partial charge is 0.387 e. The number of aryl methyl sites for hydroxylation is 1. The highest BCUT2D eigenvalue weighted by molar-refractivity contribution is 7.90. The zero-order valence-corrected chi connectivity index (χ0v) is 18.9. The molecular formula is C23H21F2NO6S. The second-order valence-electron chi connectivity index (χ2n) is 7.29. The van der Waals surface area contributed by atoms with Crippen LogP contribution < -0.4 is 4.74 Å². The first-order valence-electron chi connectivity index (χ1n) is 9.72. The lowest BCUT2D eigenvalue weighted by Crippen LogP contribution is -2.15. The van der Waals surface area contributed by atoms with E-state index in [-0.39, 0.29) is 16.2 Å². The van der Waals surface area contributed by atoms with E-state index in [0.29, 0.717) is 16.9 Å². The predicted molar refractivity (Wildman–Crippen MR) is 116 cm³/mol. The Labute approximate surface area is 189 Å². The van der Waals surface area contributed by atoms with Crippen molar-refractivity contribution in [2.75, 3.05) is 12.9 Å². The van der Waals surface area contributed by atoms with Crippen molar-refractivity contribution in [3.63, 3.8) is 0 Å². The summed E-state index contributed by atoms with van der Waals surface area (Å²) < 4.78 is 58.9. The van der Waals surface area contributed by atoms with Crippen molar-refractivity contribution in [2.45, 2.75) is 25.4 Å². The molecule has 0 saturated heterocycles. The van der Waals surface area contributed by atoms with Gasteiger partial charge in [-0.2, -0.15) is 8.78 Å². The van der Waals surface area contributed by atoms with Gasteiger partial charge in [0, 0.05) is 28.9 Å². The fraction of sp³-hybridized carbons (Fsp3) is 0.217. The molecule has 0 N–H and O–H groups in total. The van der Waals surface area contributed by atoms with E-state index in [1.54, 1.807) is 36.6 Å². The molecule has 0 aliphatic carbocycles. The van der Waals surface area contributed by atoms with Crippen LogP contribution in [0.15, 0.2) is 59.5 Å². The third-order valence-electron chi connectivity index (χ3n) is 4.90. The summed E-state index contributed by atoms with van der Waals surface area (Å²) in [6, 6.07) is 12.8. The van der Waals surface area contributed by atoms with Crippen LogP contribution in [0.4, 0.5) is 8.78 Å². The van der Waals surface area contributed by atoms with E-state index in [1.807, 2.05) is 0 Å². The quantitative estimate of drug-likeness (QED) is 0.358. The van der Waals surface area contributed by atoms with Gasteiger partial charge in [0.05, 0.1) is 10.5 Å². The molecule has 0 saturated carbocycles. The average Bonchev–Trinajstić information content (AvgIpc) is 3.05. The van der Waals surface area contributed by atoms with Crippen LogP contribution in [0.1, 0.15) is 32.1 Å². The van der Waals surface area contributed by atoms with Crippen LogP contribution in [0, 0.1) is 13.8 Å². The molecule has 0 aliphatic rings. The average molecular weight is 477 g/mol. The maximum absolute atomic E-state index is 12.7. The van der Waals surface area contributed by atoms with Gasteiger partial charge in [0.15, 0.2) is 16.4 Å².